The molecular weight excluding hydrogens is 300 g/mol. The summed E-state index contributed by atoms with van der Waals surface area (Å²) in [7, 11) is 0. The second-order valence-electron chi connectivity index (χ2n) is 5.58. The largest absolute Gasteiger partial charge is 0.508 e. The minimum Gasteiger partial charge on any atom is -0.508 e. The first-order chi connectivity index (χ1) is 11.6. The van der Waals surface area contributed by atoms with E-state index in [1.807, 2.05) is 48.9 Å². The third kappa shape index (κ3) is 3.13. The smallest absolute Gasteiger partial charge is 0.185 e. The first-order valence-electron chi connectivity index (χ1n) is 7.69. The molecule has 4 nitrogen and oxygen atoms in total. The highest BCUT2D eigenvalue weighted by atomic mass is 16.3. The molecule has 0 aliphatic rings. The summed E-state index contributed by atoms with van der Waals surface area (Å²) < 4.78 is 1.88. The van der Waals surface area contributed by atoms with E-state index >= 15 is 0 Å². The second-order valence-corrected chi connectivity index (χ2v) is 5.58. The summed E-state index contributed by atoms with van der Waals surface area (Å²) in [6, 6.07) is 16.1. The summed E-state index contributed by atoms with van der Waals surface area (Å²) in [5.74, 6) is 0.0348. The van der Waals surface area contributed by atoms with Crippen molar-refractivity contribution in [2.24, 2.45) is 0 Å². The van der Waals surface area contributed by atoms with Crippen molar-refractivity contribution in [2.75, 3.05) is 0 Å². The van der Waals surface area contributed by atoms with E-state index in [1.165, 1.54) is 12.1 Å². The molecule has 1 N–H and O–H groups in total. The van der Waals surface area contributed by atoms with Crippen molar-refractivity contribution in [1.29, 1.82) is 0 Å². The first-order valence-corrected chi connectivity index (χ1v) is 7.69. The van der Waals surface area contributed by atoms with Crippen molar-refractivity contribution in [1.82, 2.24) is 9.78 Å². The molecule has 3 aromatic rings. The van der Waals surface area contributed by atoms with Gasteiger partial charge in [0.2, 0.25) is 0 Å². The Kier molecular flexibility index (Phi) is 4.29. The van der Waals surface area contributed by atoms with Crippen LogP contribution < -0.4 is 0 Å². The Morgan fingerprint density at radius 1 is 1.04 bits per heavy atom. The zero-order chi connectivity index (χ0) is 17.1. The number of hydrogen-bond donors (Lipinski definition) is 1. The Bertz CT molecular complexity index is 891. The number of phenolic OH excluding ortho intramolecular Hbond substituents is 1. The fraction of sp³-hybridized carbons (Fsp3) is 0.100. The lowest BCUT2D eigenvalue weighted by Crippen LogP contribution is -1.98. The molecule has 0 aliphatic carbocycles. The number of phenols is 1. The van der Waals surface area contributed by atoms with Crippen molar-refractivity contribution in [2.45, 2.75) is 13.8 Å². The highest BCUT2D eigenvalue weighted by molar-refractivity contribution is 6.06. The van der Waals surface area contributed by atoms with Crippen LogP contribution in [0.25, 0.3) is 11.8 Å². The molecule has 0 saturated heterocycles. The van der Waals surface area contributed by atoms with Gasteiger partial charge in [0.05, 0.1) is 11.4 Å². The average molecular weight is 318 g/mol. The summed E-state index contributed by atoms with van der Waals surface area (Å²) in [6.45, 7) is 3.91. The van der Waals surface area contributed by atoms with Gasteiger partial charge in [-0.05, 0) is 62.4 Å². The molecule has 1 aromatic heterocycles. The molecule has 0 spiro atoms. The Morgan fingerprint density at radius 2 is 1.71 bits per heavy atom. The second kappa shape index (κ2) is 6.54. The van der Waals surface area contributed by atoms with Gasteiger partial charge in [-0.2, -0.15) is 5.10 Å². The molecule has 0 aliphatic heterocycles. The number of nitrogens with zero attached hydrogens (tertiary/aromatic N) is 2. The Labute approximate surface area is 140 Å². The molecule has 24 heavy (non-hydrogen) atoms. The van der Waals surface area contributed by atoms with Gasteiger partial charge < -0.3 is 5.11 Å². The summed E-state index contributed by atoms with van der Waals surface area (Å²) in [5.41, 5.74) is 4.31. The van der Waals surface area contributed by atoms with Crippen molar-refractivity contribution < 1.29 is 9.90 Å². The third-order valence-electron chi connectivity index (χ3n) is 3.90. The molecule has 0 amide bonds. The molecule has 3 rings (SSSR count). The molecule has 0 saturated carbocycles. The fourth-order valence-corrected chi connectivity index (χ4v) is 2.60. The third-order valence-corrected chi connectivity index (χ3v) is 3.90. The minimum absolute atomic E-state index is 0.110. The van der Waals surface area contributed by atoms with Crippen LogP contribution in [0.3, 0.4) is 0 Å². The van der Waals surface area contributed by atoms with Crippen LogP contribution in [-0.2, 0) is 0 Å². The SMILES string of the molecule is Cc1nn(-c2ccccc2)c(C)c1/C=C/C(=O)c1ccc(O)cc1. The van der Waals surface area contributed by atoms with E-state index in [4.69, 9.17) is 0 Å². The van der Waals surface area contributed by atoms with Gasteiger partial charge in [-0.1, -0.05) is 18.2 Å². The number of aryl methyl sites for hydroxylation is 1. The van der Waals surface area contributed by atoms with Crippen LogP contribution in [0.5, 0.6) is 5.75 Å². The van der Waals surface area contributed by atoms with Crippen LogP contribution in [0, 0.1) is 13.8 Å². The summed E-state index contributed by atoms with van der Waals surface area (Å²) in [6.07, 6.45) is 3.34. The lowest BCUT2D eigenvalue weighted by Gasteiger charge is -2.03. The molecule has 0 unspecified atom stereocenters. The molecule has 4 heteroatoms. The fourth-order valence-electron chi connectivity index (χ4n) is 2.60. The van der Waals surface area contributed by atoms with Gasteiger partial charge in [-0.15, -0.1) is 0 Å². The van der Waals surface area contributed by atoms with Gasteiger partial charge in [0, 0.05) is 16.8 Å². The van der Waals surface area contributed by atoms with Gasteiger partial charge in [0.1, 0.15) is 5.75 Å². The number of aromatic hydroxyl groups is 1. The molecule has 2 aromatic carbocycles. The van der Waals surface area contributed by atoms with Crippen LogP contribution in [0.4, 0.5) is 0 Å². The van der Waals surface area contributed by atoms with Crippen LogP contribution in [0.2, 0.25) is 0 Å². The molecule has 1 heterocycles. The average Bonchev–Trinajstić information content (AvgIpc) is 2.88. The predicted octanol–water partition coefficient (Wildman–Crippen LogP) is 4.09. The number of allylic oxidation sites excluding steroid dienone is 1. The minimum atomic E-state index is -0.110. The standard InChI is InChI=1S/C20H18N2O2/c1-14-19(12-13-20(24)16-8-10-18(23)11-9-16)15(2)22(21-14)17-6-4-3-5-7-17/h3-13,23H,1-2H3/b13-12+. The zero-order valence-electron chi connectivity index (χ0n) is 13.6. The Balaban J connectivity index is 1.89. The topological polar surface area (TPSA) is 55.1 Å². The first kappa shape index (κ1) is 15.7. The Hall–Kier alpha value is -3.14. The van der Waals surface area contributed by atoms with Crippen LogP contribution in [0.1, 0.15) is 27.3 Å². The maximum absolute atomic E-state index is 12.2. The molecule has 0 bridgehead atoms. The molecule has 0 fully saturated rings. The number of carbonyl (C=O) groups excluding carboxylic acids is 1. The lowest BCUT2D eigenvalue weighted by molar-refractivity contribution is 0.104. The van der Waals surface area contributed by atoms with E-state index in [2.05, 4.69) is 5.10 Å². The van der Waals surface area contributed by atoms with Crippen molar-refractivity contribution in [3.8, 4) is 11.4 Å². The number of aromatic nitrogens is 2. The number of rotatable bonds is 4. The van der Waals surface area contributed by atoms with Gasteiger partial charge >= 0.3 is 0 Å². The maximum Gasteiger partial charge on any atom is 0.185 e. The van der Waals surface area contributed by atoms with Gasteiger partial charge in [0.25, 0.3) is 0 Å². The highest BCUT2D eigenvalue weighted by Gasteiger charge is 2.11. The highest BCUT2D eigenvalue weighted by Crippen LogP contribution is 2.19. The van der Waals surface area contributed by atoms with E-state index in [-0.39, 0.29) is 11.5 Å². The van der Waals surface area contributed by atoms with Gasteiger partial charge in [0.15, 0.2) is 5.78 Å². The van der Waals surface area contributed by atoms with Gasteiger partial charge in [-0.3, -0.25) is 4.79 Å². The molecule has 0 atom stereocenters. The number of ketones is 1. The van der Waals surface area contributed by atoms with Crippen molar-refractivity contribution in [3.63, 3.8) is 0 Å². The number of benzene rings is 2. The van der Waals surface area contributed by atoms with E-state index in [0.29, 0.717) is 5.56 Å². The predicted molar refractivity (Wildman–Crippen MR) is 94.5 cm³/mol. The molecule has 0 radical (unpaired) electrons. The van der Waals surface area contributed by atoms with E-state index in [9.17, 15) is 9.90 Å². The summed E-state index contributed by atoms with van der Waals surface area (Å²) >= 11 is 0. The van der Waals surface area contributed by atoms with Crippen LogP contribution in [0.15, 0.2) is 60.7 Å². The lowest BCUT2D eigenvalue weighted by atomic mass is 10.1. The summed E-state index contributed by atoms with van der Waals surface area (Å²) in [5, 5.41) is 13.9. The molecule has 120 valence electrons. The summed E-state index contributed by atoms with van der Waals surface area (Å²) in [4.78, 5) is 12.2. The zero-order valence-corrected chi connectivity index (χ0v) is 13.6. The monoisotopic (exact) mass is 318 g/mol. The quantitative estimate of drug-likeness (QED) is 0.582. The number of para-hydroxylation sites is 1. The van der Waals surface area contributed by atoms with E-state index in [1.54, 1.807) is 24.3 Å². The van der Waals surface area contributed by atoms with E-state index in [0.717, 1.165) is 22.6 Å². The number of carbonyl (C=O) groups is 1. The normalized spacial score (nSPS) is 11.1. The number of hydrogen-bond acceptors (Lipinski definition) is 3. The maximum atomic E-state index is 12.2. The Morgan fingerprint density at radius 3 is 2.38 bits per heavy atom. The van der Waals surface area contributed by atoms with Crippen molar-refractivity contribution >= 4 is 11.9 Å². The van der Waals surface area contributed by atoms with Gasteiger partial charge in [-0.25, -0.2) is 4.68 Å². The van der Waals surface area contributed by atoms with E-state index < -0.39 is 0 Å². The van der Waals surface area contributed by atoms with Crippen LogP contribution in [-0.4, -0.2) is 20.7 Å². The molecular formula is C20H18N2O2. The van der Waals surface area contributed by atoms with Crippen LogP contribution >= 0.6 is 0 Å². The van der Waals surface area contributed by atoms with Crippen molar-refractivity contribution in [3.05, 3.63) is 83.2 Å².